The van der Waals surface area contributed by atoms with Gasteiger partial charge in [0, 0.05) is 17.4 Å². The van der Waals surface area contributed by atoms with E-state index in [1.165, 1.54) is 12.1 Å². The summed E-state index contributed by atoms with van der Waals surface area (Å²) in [6.45, 7) is 1.89. The second-order valence-corrected chi connectivity index (χ2v) is 4.37. The fourth-order valence-electron chi connectivity index (χ4n) is 1.59. The van der Waals surface area contributed by atoms with E-state index in [0.717, 1.165) is 16.8 Å². The zero-order chi connectivity index (χ0) is 13.8. The lowest BCUT2D eigenvalue weighted by molar-refractivity contribution is 0.0697. The monoisotopic (exact) mass is 274 g/mol. The van der Waals surface area contributed by atoms with Gasteiger partial charge in [-0.05, 0) is 36.3 Å². The molecule has 0 saturated heterocycles. The Bertz CT molecular complexity index is 639. The number of benzene rings is 1. The quantitative estimate of drug-likeness (QED) is 0.932. The minimum absolute atomic E-state index is 0.166. The second kappa shape index (κ2) is 5.63. The van der Waals surface area contributed by atoms with Crippen molar-refractivity contribution in [1.29, 1.82) is 0 Å². The molecule has 0 radical (unpaired) electrons. The summed E-state index contributed by atoms with van der Waals surface area (Å²) in [4.78, 5) is 19.0. The minimum Gasteiger partial charge on any atom is -0.478 e. The maximum absolute atomic E-state index is 10.8. The lowest BCUT2D eigenvalue weighted by Gasteiger charge is -2.03. The first kappa shape index (κ1) is 13.2. The average molecular weight is 275 g/mol. The first-order valence-electron chi connectivity index (χ1n) is 5.55. The van der Waals surface area contributed by atoms with Crippen molar-refractivity contribution >= 4 is 29.2 Å². The van der Waals surface area contributed by atoms with Crippen molar-refractivity contribution in [3.05, 3.63) is 58.6 Å². The predicted octanol–water partition coefficient (Wildman–Crippen LogP) is 3.39. The van der Waals surface area contributed by atoms with Gasteiger partial charge in [-0.1, -0.05) is 17.7 Å². The van der Waals surface area contributed by atoms with Crippen molar-refractivity contribution in [1.82, 2.24) is 9.97 Å². The van der Waals surface area contributed by atoms with Crippen molar-refractivity contribution in [3.8, 4) is 0 Å². The Balaban J connectivity index is 2.36. The average Bonchev–Trinajstić information content (AvgIpc) is 2.41. The van der Waals surface area contributed by atoms with Crippen molar-refractivity contribution in [2.45, 2.75) is 6.92 Å². The van der Waals surface area contributed by atoms with Gasteiger partial charge in [-0.15, -0.1) is 0 Å². The Morgan fingerprint density at radius 1 is 1.37 bits per heavy atom. The van der Waals surface area contributed by atoms with E-state index >= 15 is 0 Å². The standard InChI is InChI=1S/C14H11ClN2O2/c1-9(13-8-16-4-5-17-13)6-10-2-3-11(14(18)19)7-12(10)15/h2-8H,1H3,(H,18,19)/b9-6-. The Labute approximate surface area is 115 Å². The maximum atomic E-state index is 10.8. The number of carboxylic acid groups (broad SMARTS) is 1. The molecule has 0 spiro atoms. The van der Waals surface area contributed by atoms with E-state index in [0.29, 0.717) is 5.02 Å². The molecule has 0 unspecified atom stereocenters. The molecular formula is C14H11ClN2O2. The molecule has 0 aliphatic rings. The molecular weight excluding hydrogens is 264 g/mol. The van der Waals surface area contributed by atoms with E-state index in [1.54, 1.807) is 24.7 Å². The Kier molecular flexibility index (Phi) is 3.92. The molecule has 1 aromatic carbocycles. The fourth-order valence-corrected chi connectivity index (χ4v) is 1.82. The van der Waals surface area contributed by atoms with Crippen molar-refractivity contribution in [2.75, 3.05) is 0 Å². The number of carboxylic acids is 1. The summed E-state index contributed by atoms with van der Waals surface area (Å²) < 4.78 is 0. The van der Waals surface area contributed by atoms with Crippen LogP contribution in [0.15, 0.2) is 36.8 Å². The van der Waals surface area contributed by atoms with Crippen molar-refractivity contribution < 1.29 is 9.90 Å². The van der Waals surface area contributed by atoms with Gasteiger partial charge in [-0.25, -0.2) is 4.79 Å². The highest BCUT2D eigenvalue weighted by atomic mass is 35.5. The molecule has 0 fully saturated rings. The molecule has 96 valence electrons. The normalized spacial score (nSPS) is 11.4. The Morgan fingerprint density at radius 2 is 2.16 bits per heavy atom. The van der Waals surface area contributed by atoms with Crippen LogP contribution in [0.3, 0.4) is 0 Å². The van der Waals surface area contributed by atoms with Crippen molar-refractivity contribution in [3.63, 3.8) is 0 Å². The molecule has 0 aliphatic heterocycles. The topological polar surface area (TPSA) is 63.1 Å². The van der Waals surface area contributed by atoms with E-state index in [1.807, 2.05) is 13.0 Å². The molecule has 0 aliphatic carbocycles. The lowest BCUT2D eigenvalue weighted by Crippen LogP contribution is -1.96. The van der Waals surface area contributed by atoms with Crippen LogP contribution < -0.4 is 0 Å². The highest BCUT2D eigenvalue weighted by molar-refractivity contribution is 6.32. The van der Waals surface area contributed by atoms with Crippen LogP contribution in [-0.4, -0.2) is 21.0 Å². The number of rotatable bonds is 3. The number of aromatic nitrogens is 2. The van der Waals surface area contributed by atoms with Gasteiger partial charge in [0.1, 0.15) is 0 Å². The summed E-state index contributed by atoms with van der Waals surface area (Å²) >= 11 is 6.06. The molecule has 19 heavy (non-hydrogen) atoms. The van der Waals surface area contributed by atoms with Crippen LogP contribution >= 0.6 is 11.6 Å². The molecule has 5 heteroatoms. The summed E-state index contributed by atoms with van der Waals surface area (Å²) in [5.74, 6) is -0.997. The van der Waals surface area contributed by atoms with Crippen LogP contribution in [0.4, 0.5) is 0 Å². The first-order chi connectivity index (χ1) is 9.08. The first-order valence-corrected chi connectivity index (χ1v) is 5.93. The van der Waals surface area contributed by atoms with Crippen molar-refractivity contribution in [2.24, 2.45) is 0 Å². The third-order valence-electron chi connectivity index (χ3n) is 2.59. The molecule has 0 saturated carbocycles. The van der Waals surface area contributed by atoms with Gasteiger partial charge in [0.2, 0.25) is 0 Å². The van der Waals surface area contributed by atoms with Gasteiger partial charge in [0.05, 0.1) is 17.5 Å². The number of hydrogen-bond donors (Lipinski definition) is 1. The molecule has 0 amide bonds. The lowest BCUT2D eigenvalue weighted by atomic mass is 10.1. The van der Waals surface area contributed by atoms with Gasteiger partial charge >= 0.3 is 5.97 Å². The molecule has 1 N–H and O–H groups in total. The van der Waals surface area contributed by atoms with Crippen LogP contribution in [0, 0.1) is 0 Å². The number of carbonyl (C=O) groups is 1. The van der Waals surface area contributed by atoms with E-state index in [2.05, 4.69) is 9.97 Å². The van der Waals surface area contributed by atoms with Gasteiger partial charge in [-0.3, -0.25) is 9.97 Å². The van der Waals surface area contributed by atoms with E-state index in [9.17, 15) is 4.79 Å². The minimum atomic E-state index is -0.997. The van der Waals surface area contributed by atoms with Crippen LogP contribution in [-0.2, 0) is 0 Å². The highest BCUT2D eigenvalue weighted by Gasteiger charge is 2.06. The van der Waals surface area contributed by atoms with E-state index in [4.69, 9.17) is 16.7 Å². The maximum Gasteiger partial charge on any atom is 0.335 e. The zero-order valence-electron chi connectivity index (χ0n) is 10.2. The van der Waals surface area contributed by atoms with Gasteiger partial charge < -0.3 is 5.11 Å². The number of hydrogen-bond acceptors (Lipinski definition) is 3. The Hall–Kier alpha value is -2.20. The van der Waals surface area contributed by atoms with E-state index < -0.39 is 5.97 Å². The van der Waals surface area contributed by atoms with Crippen LogP contribution in [0.25, 0.3) is 11.6 Å². The highest BCUT2D eigenvalue weighted by Crippen LogP contribution is 2.23. The number of nitrogens with zero attached hydrogens (tertiary/aromatic N) is 2. The molecule has 0 bridgehead atoms. The summed E-state index contributed by atoms with van der Waals surface area (Å²) in [7, 11) is 0. The van der Waals surface area contributed by atoms with Gasteiger partial charge in [0.25, 0.3) is 0 Å². The third-order valence-corrected chi connectivity index (χ3v) is 2.91. The molecule has 0 atom stereocenters. The molecule has 2 rings (SSSR count). The predicted molar refractivity (Wildman–Crippen MR) is 74.0 cm³/mol. The number of aromatic carboxylic acids is 1. The Morgan fingerprint density at radius 3 is 2.74 bits per heavy atom. The van der Waals surface area contributed by atoms with Crippen LogP contribution in [0.2, 0.25) is 5.02 Å². The van der Waals surface area contributed by atoms with Gasteiger partial charge in [-0.2, -0.15) is 0 Å². The van der Waals surface area contributed by atoms with E-state index in [-0.39, 0.29) is 5.56 Å². The summed E-state index contributed by atoms with van der Waals surface area (Å²) in [5.41, 5.74) is 2.56. The summed E-state index contributed by atoms with van der Waals surface area (Å²) in [6.07, 6.45) is 6.72. The van der Waals surface area contributed by atoms with Crippen LogP contribution in [0.1, 0.15) is 28.5 Å². The number of allylic oxidation sites excluding steroid dienone is 1. The fraction of sp³-hybridized carbons (Fsp3) is 0.0714. The van der Waals surface area contributed by atoms with Crippen LogP contribution in [0.5, 0.6) is 0 Å². The largest absolute Gasteiger partial charge is 0.478 e. The smallest absolute Gasteiger partial charge is 0.335 e. The second-order valence-electron chi connectivity index (χ2n) is 3.96. The number of halogens is 1. The summed E-state index contributed by atoms with van der Waals surface area (Å²) in [6, 6.07) is 4.62. The van der Waals surface area contributed by atoms with Gasteiger partial charge in [0.15, 0.2) is 0 Å². The molecule has 2 aromatic rings. The third kappa shape index (κ3) is 3.17. The molecule has 4 nitrogen and oxygen atoms in total. The molecule has 1 aromatic heterocycles. The summed E-state index contributed by atoms with van der Waals surface area (Å²) in [5, 5.41) is 9.26. The zero-order valence-corrected chi connectivity index (χ0v) is 10.9. The SMILES string of the molecule is C/C(=C/c1ccc(C(=O)O)cc1Cl)c1cnccn1. The molecule has 1 heterocycles.